The molecule has 366 valence electrons. The van der Waals surface area contributed by atoms with E-state index in [9.17, 15) is 14.4 Å². The minimum Gasteiger partial charge on any atom is -0.462 e. The van der Waals surface area contributed by atoms with Gasteiger partial charge in [-0.15, -0.1) is 0 Å². The molecule has 0 saturated heterocycles. The van der Waals surface area contributed by atoms with Crippen LogP contribution in [0, 0.1) is 17.8 Å². The molecule has 1 aromatic rings. The smallest absolute Gasteiger partial charge is 0.339 e. The second-order valence-corrected chi connectivity index (χ2v) is 20.4. The number of carbonyl (C=O) groups is 3. The first kappa shape index (κ1) is 58.6. The molecular formula is C57H102O6. The van der Waals surface area contributed by atoms with Crippen LogP contribution in [0.2, 0.25) is 0 Å². The summed E-state index contributed by atoms with van der Waals surface area (Å²) in [6.45, 7) is 14.7. The van der Waals surface area contributed by atoms with Gasteiger partial charge in [-0.25, -0.2) is 14.4 Å². The van der Waals surface area contributed by atoms with E-state index in [1.807, 2.05) is 0 Å². The molecule has 0 aliphatic rings. The van der Waals surface area contributed by atoms with Crippen LogP contribution < -0.4 is 0 Å². The van der Waals surface area contributed by atoms with Crippen LogP contribution in [0.25, 0.3) is 0 Å². The molecule has 6 nitrogen and oxygen atoms in total. The van der Waals surface area contributed by atoms with Gasteiger partial charge in [-0.05, 0) is 49.1 Å². The molecule has 0 heterocycles. The second-order valence-electron chi connectivity index (χ2n) is 20.4. The minimum absolute atomic E-state index is 0.0310. The van der Waals surface area contributed by atoms with Crippen LogP contribution in [0.15, 0.2) is 18.2 Å². The number of carbonyl (C=O) groups excluding carboxylic acids is 3. The minimum atomic E-state index is -0.658. The van der Waals surface area contributed by atoms with Gasteiger partial charge in [0.1, 0.15) is 0 Å². The quantitative estimate of drug-likeness (QED) is 0.0369. The van der Waals surface area contributed by atoms with Crippen LogP contribution in [0.4, 0.5) is 0 Å². The Labute approximate surface area is 390 Å². The Morgan fingerprint density at radius 1 is 0.317 bits per heavy atom. The van der Waals surface area contributed by atoms with Crippen molar-refractivity contribution in [2.24, 2.45) is 17.8 Å². The van der Waals surface area contributed by atoms with Gasteiger partial charge in [0.05, 0.1) is 36.5 Å². The molecular weight excluding hydrogens is 781 g/mol. The van der Waals surface area contributed by atoms with Crippen molar-refractivity contribution in [1.29, 1.82) is 0 Å². The van der Waals surface area contributed by atoms with Crippen LogP contribution in [-0.4, -0.2) is 37.7 Å². The number of esters is 3. The lowest BCUT2D eigenvalue weighted by Gasteiger charge is -2.14. The summed E-state index contributed by atoms with van der Waals surface area (Å²) in [6, 6.07) is 4.77. The van der Waals surface area contributed by atoms with Crippen LogP contribution in [0.3, 0.4) is 0 Å². The number of benzene rings is 1. The highest BCUT2D eigenvalue weighted by molar-refractivity contribution is 6.10. The van der Waals surface area contributed by atoms with E-state index in [2.05, 4.69) is 41.5 Å². The summed E-state index contributed by atoms with van der Waals surface area (Å²) in [6.07, 6.45) is 44.3. The Bertz CT molecular complexity index is 1150. The largest absolute Gasteiger partial charge is 0.462 e. The second kappa shape index (κ2) is 42.3. The monoisotopic (exact) mass is 883 g/mol. The van der Waals surface area contributed by atoms with Gasteiger partial charge in [0.2, 0.25) is 0 Å². The number of ether oxygens (including phenoxy) is 3. The first-order chi connectivity index (χ1) is 30.6. The number of rotatable bonds is 45. The number of hydrogen-bond donors (Lipinski definition) is 0. The normalized spacial score (nSPS) is 11.6. The first-order valence-corrected chi connectivity index (χ1v) is 27.3. The van der Waals surface area contributed by atoms with Crippen LogP contribution in [0.5, 0.6) is 0 Å². The van der Waals surface area contributed by atoms with Gasteiger partial charge >= 0.3 is 17.9 Å². The fourth-order valence-electron chi connectivity index (χ4n) is 8.57. The molecule has 0 aliphatic heterocycles. The van der Waals surface area contributed by atoms with E-state index >= 15 is 0 Å². The van der Waals surface area contributed by atoms with Crippen molar-refractivity contribution in [3.05, 3.63) is 34.9 Å². The molecule has 0 unspecified atom stereocenters. The van der Waals surface area contributed by atoms with Crippen LogP contribution >= 0.6 is 0 Å². The van der Waals surface area contributed by atoms with E-state index in [4.69, 9.17) is 14.2 Å². The summed E-state index contributed by atoms with van der Waals surface area (Å²) in [5, 5.41) is 0. The topological polar surface area (TPSA) is 78.9 Å². The highest BCUT2D eigenvalue weighted by Crippen LogP contribution is 2.22. The van der Waals surface area contributed by atoms with Crippen molar-refractivity contribution in [2.75, 3.05) is 19.8 Å². The lowest BCUT2D eigenvalue weighted by atomic mass is 10.0. The Kier molecular flexibility index (Phi) is 39.4. The van der Waals surface area contributed by atoms with Crippen molar-refractivity contribution in [2.45, 2.75) is 273 Å². The number of unbranched alkanes of at least 4 members (excludes halogenated alkanes) is 30. The fourth-order valence-corrected chi connectivity index (χ4v) is 8.57. The molecule has 0 spiro atoms. The van der Waals surface area contributed by atoms with E-state index in [1.54, 1.807) is 18.2 Å². The Morgan fingerprint density at radius 3 is 0.762 bits per heavy atom. The third-order valence-electron chi connectivity index (χ3n) is 12.7. The molecule has 0 aliphatic carbocycles. The SMILES string of the molecule is CC(C)CCCCCCCCCCCCCOC(=O)c1cccc(C(=O)OCCCCCCCCCCCCCC(C)C)c1C(=O)OCCCCCCCCCCCCCC(C)C. The molecule has 0 radical (unpaired) electrons. The maximum atomic E-state index is 13.6. The van der Waals surface area contributed by atoms with Crippen molar-refractivity contribution in [3.8, 4) is 0 Å². The van der Waals surface area contributed by atoms with E-state index < -0.39 is 17.9 Å². The van der Waals surface area contributed by atoms with Gasteiger partial charge in [0, 0.05) is 0 Å². The van der Waals surface area contributed by atoms with Gasteiger partial charge in [0.25, 0.3) is 0 Å². The zero-order valence-corrected chi connectivity index (χ0v) is 42.5. The van der Waals surface area contributed by atoms with Crippen LogP contribution in [0.1, 0.15) is 304 Å². The van der Waals surface area contributed by atoms with Gasteiger partial charge in [-0.2, -0.15) is 0 Å². The summed E-state index contributed by atoms with van der Waals surface area (Å²) in [5.41, 5.74) is 0.125. The average Bonchev–Trinajstić information content (AvgIpc) is 3.25. The van der Waals surface area contributed by atoms with Gasteiger partial charge in [-0.1, -0.05) is 259 Å². The Hall–Kier alpha value is -2.37. The molecule has 1 aromatic carbocycles. The maximum Gasteiger partial charge on any atom is 0.339 e. The summed E-state index contributed by atoms with van der Waals surface area (Å²) in [5.74, 6) is 0.610. The van der Waals surface area contributed by atoms with E-state index in [-0.39, 0.29) is 36.5 Å². The third kappa shape index (κ3) is 35.6. The lowest BCUT2D eigenvalue weighted by molar-refractivity contribution is 0.0430. The predicted molar refractivity (Wildman–Crippen MR) is 268 cm³/mol. The molecule has 0 aromatic heterocycles. The number of hydrogen-bond acceptors (Lipinski definition) is 6. The maximum absolute atomic E-state index is 13.6. The van der Waals surface area contributed by atoms with E-state index in [0.717, 1.165) is 75.5 Å². The van der Waals surface area contributed by atoms with E-state index in [0.29, 0.717) is 0 Å². The summed E-state index contributed by atoms with van der Waals surface area (Å²) >= 11 is 0. The highest BCUT2D eigenvalue weighted by Gasteiger charge is 2.27. The molecule has 0 bridgehead atoms. The first-order valence-electron chi connectivity index (χ1n) is 27.3. The van der Waals surface area contributed by atoms with Crippen molar-refractivity contribution >= 4 is 17.9 Å². The van der Waals surface area contributed by atoms with Crippen LogP contribution in [-0.2, 0) is 14.2 Å². The molecule has 0 N–H and O–H groups in total. The standard InChI is InChI=1S/C57H102O6/c1-49(2)41-34-28-22-16-10-7-13-19-25-31-37-46-61-55(58)52-44-40-45-53(56(59)62-47-38-32-26-20-14-8-11-17-23-29-35-42-50(3)4)54(52)57(60)63-48-39-33-27-21-15-9-12-18-24-30-36-43-51(5)6/h40,44-45,49-51H,7-39,41-43,46-48H2,1-6H3. The highest BCUT2D eigenvalue weighted by atomic mass is 16.5. The molecule has 0 fully saturated rings. The average molecular weight is 883 g/mol. The summed E-state index contributed by atoms with van der Waals surface area (Å²) in [7, 11) is 0. The summed E-state index contributed by atoms with van der Waals surface area (Å²) in [4.78, 5) is 40.5. The predicted octanol–water partition coefficient (Wildman–Crippen LogP) is 18.2. The Balaban J connectivity index is 2.52. The van der Waals surface area contributed by atoms with Gasteiger partial charge in [0.15, 0.2) is 0 Å². The molecule has 1 rings (SSSR count). The molecule has 0 amide bonds. The van der Waals surface area contributed by atoms with Crippen molar-refractivity contribution in [3.63, 3.8) is 0 Å². The third-order valence-corrected chi connectivity index (χ3v) is 12.7. The zero-order valence-electron chi connectivity index (χ0n) is 42.5. The van der Waals surface area contributed by atoms with Gasteiger partial charge in [-0.3, -0.25) is 0 Å². The molecule has 63 heavy (non-hydrogen) atoms. The van der Waals surface area contributed by atoms with Gasteiger partial charge < -0.3 is 14.2 Å². The molecule has 0 saturated carbocycles. The molecule has 6 heteroatoms. The zero-order chi connectivity index (χ0) is 46.0. The Morgan fingerprint density at radius 2 is 0.524 bits per heavy atom. The van der Waals surface area contributed by atoms with Crippen molar-refractivity contribution < 1.29 is 28.6 Å². The molecule has 0 atom stereocenters. The summed E-state index contributed by atoms with van der Waals surface area (Å²) < 4.78 is 17.1. The van der Waals surface area contributed by atoms with E-state index in [1.165, 1.54) is 173 Å². The lowest BCUT2D eigenvalue weighted by Crippen LogP contribution is -2.20. The fraction of sp³-hybridized carbons (Fsp3) is 0.842. The van der Waals surface area contributed by atoms with Crippen molar-refractivity contribution in [1.82, 2.24) is 0 Å².